The second-order valence-electron chi connectivity index (χ2n) is 4.11. The summed E-state index contributed by atoms with van der Waals surface area (Å²) in [5.41, 5.74) is 1.55. The molecule has 0 aliphatic rings. The molecule has 5 heteroatoms. The predicted molar refractivity (Wildman–Crippen MR) is 72.0 cm³/mol. The van der Waals surface area contributed by atoms with Gasteiger partial charge in [-0.1, -0.05) is 30.3 Å². The minimum absolute atomic E-state index is 0.163. The van der Waals surface area contributed by atoms with Crippen LogP contribution in [0.4, 0.5) is 10.5 Å². The summed E-state index contributed by atoms with van der Waals surface area (Å²) in [5, 5.41) is 2.42. The summed E-state index contributed by atoms with van der Waals surface area (Å²) < 4.78 is 5.02. The summed E-state index contributed by atoms with van der Waals surface area (Å²) >= 11 is 0. The van der Waals surface area contributed by atoms with Crippen molar-refractivity contribution in [3.63, 3.8) is 0 Å². The van der Waals surface area contributed by atoms with Crippen LogP contribution in [0.1, 0.15) is 11.1 Å². The Morgan fingerprint density at radius 2 is 2.05 bits per heavy atom. The van der Waals surface area contributed by atoms with Crippen LogP contribution < -0.4 is 10.9 Å². The number of ether oxygens (including phenoxy) is 1. The van der Waals surface area contributed by atoms with E-state index in [2.05, 4.69) is 10.3 Å². The van der Waals surface area contributed by atoms with E-state index in [1.165, 1.54) is 0 Å². The largest absolute Gasteiger partial charge is 0.444 e. The molecular weight excluding hydrogens is 244 g/mol. The Labute approximate surface area is 110 Å². The number of pyridine rings is 1. The van der Waals surface area contributed by atoms with Crippen molar-refractivity contribution in [2.75, 3.05) is 5.32 Å². The van der Waals surface area contributed by atoms with Gasteiger partial charge in [-0.25, -0.2) is 4.79 Å². The molecule has 0 unspecified atom stereocenters. The molecule has 98 valence electrons. The van der Waals surface area contributed by atoms with E-state index in [9.17, 15) is 9.59 Å². The first kappa shape index (κ1) is 12.9. The molecule has 0 fully saturated rings. The highest BCUT2D eigenvalue weighted by Gasteiger charge is 2.06. The number of aromatic nitrogens is 1. The first-order chi connectivity index (χ1) is 9.15. The van der Waals surface area contributed by atoms with Crippen LogP contribution in [0.2, 0.25) is 0 Å². The molecule has 0 radical (unpaired) electrons. The molecule has 19 heavy (non-hydrogen) atoms. The Hall–Kier alpha value is -2.56. The van der Waals surface area contributed by atoms with Gasteiger partial charge in [0.1, 0.15) is 12.3 Å². The van der Waals surface area contributed by atoms with Gasteiger partial charge < -0.3 is 9.72 Å². The maximum atomic E-state index is 11.6. The average Bonchev–Trinajstić information content (AvgIpc) is 2.42. The monoisotopic (exact) mass is 258 g/mol. The third kappa shape index (κ3) is 3.70. The van der Waals surface area contributed by atoms with Crippen LogP contribution in [0.3, 0.4) is 0 Å². The van der Waals surface area contributed by atoms with E-state index in [0.29, 0.717) is 0 Å². The Bertz CT molecular complexity index is 620. The molecule has 2 rings (SSSR count). The highest BCUT2D eigenvalue weighted by atomic mass is 16.5. The van der Waals surface area contributed by atoms with Gasteiger partial charge in [-0.05, 0) is 24.1 Å². The molecule has 0 saturated carbocycles. The van der Waals surface area contributed by atoms with E-state index in [-0.39, 0.29) is 17.9 Å². The van der Waals surface area contributed by atoms with Crippen molar-refractivity contribution in [1.29, 1.82) is 0 Å². The number of rotatable bonds is 3. The lowest BCUT2D eigenvalue weighted by atomic mass is 10.2. The molecule has 1 aromatic heterocycles. The van der Waals surface area contributed by atoms with Gasteiger partial charge in [0.15, 0.2) is 0 Å². The lowest BCUT2D eigenvalue weighted by Gasteiger charge is -2.06. The number of aryl methyl sites for hydroxylation is 1. The van der Waals surface area contributed by atoms with Crippen LogP contribution >= 0.6 is 0 Å². The molecule has 1 aromatic carbocycles. The molecule has 0 saturated heterocycles. The molecule has 2 N–H and O–H groups in total. The quantitative estimate of drug-likeness (QED) is 0.888. The molecule has 0 aliphatic carbocycles. The zero-order valence-corrected chi connectivity index (χ0v) is 10.5. The Balaban J connectivity index is 1.95. The molecular formula is C14H14N2O3. The van der Waals surface area contributed by atoms with Crippen molar-refractivity contribution in [3.8, 4) is 0 Å². The van der Waals surface area contributed by atoms with Crippen molar-refractivity contribution in [2.45, 2.75) is 13.5 Å². The number of hydrogen-bond donors (Lipinski definition) is 2. The second-order valence-corrected chi connectivity index (χ2v) is 4.11. The lowest BCUT2D eigenvalue weighted by Crippen LogP contribution is -2.20. The maximum Gasteiger partial charge on any atom is 0.412 e. The van der Waals surface area contributed by atoms with E-state index in [0.717, 1.165) is 11.1 Å². The van der Waals surface area contributed by atoms with E-state index in [4.69, 9.17) is 4.74 Å². The molecule has 0 bridgehead atoms. The molecule has 0 aliphatic heterocycles. The Morgan fingerprint density at radius 1 is 1.32 bits per heavy atom. The summed E-state index contributed by atoms with van der Waals surface area (Å²) in [6.45, 7) is 1.98. The summed E-state index contributed by atoms with van der Waals surface area (Å²) in [6.07, 6.45) is 0.919. The van der Waals surface area contributed by atoms with Crippen LogP contribution in [-0.4, -0.2) is 11.1 Å². The van der Waals surface area contributed by atoms with Gasteiger partial charge in [0.25, 0.3) is 5.56 Å². The number of nitrogens with one attached hydrogen (secondary N) is 2. The predicted octanol–water partition coefficient (Wildman–Crippen LogP) is 2.43. The number of carbonyl (C=O) groups excluding carboxylic acids is 1. The van der Waals surface area contributed by atoms with Crippen LogP contribution in [0.15, 0.2) is 47.4 Å². The molecule has 0 atom stereocenters. The zero-order chi connectivity index (χ0) is 13.7. The summed E-state index contributed by atoms with van der Waals surface area (Å²) in [7, 11) is 0. The van der Waals surface area contributed by atoms with Crippen molar-refractivity contribution in [2.24, 2.45) is 0 Å². The Kier molecular flexibility index (Phi) is 3.97. The number of benzene rings is 1. The van der Waals surface area contributed by atoms with Crippen LogP contribution in [0.5, 0.6) is 0 Å². The van der Waals surface area contributed by atoms with Gasteiger partial charge in [-0.15, -0.1) is 0 Å². The second kappa shape index (κ2) is 5.86. The molecule has 1 heterocycles. The normalized spacial score (nSPS) is 9.95. The lowest BCUT2D eigenvalue weighted by molar-refractivity contribution is 0.155. The van der Waals surface area contributed by atoms with E-state index in [1.54, 1.807) is 12.3 Å². The smallest absolute Gasteiger partial charge is 0.412 e. The fraction of sp³-hybridized carbons (Fsp3) is 0.143. The molecule has 0 spiro atoms. The van der Waals surface area contributed by atoms with Crippen molar-refractivity contribution >= 4 is 11.8 Å². The van der Waals surface area contributed by atoms with Gasteiger partial charge in [-0.3, -0.25) is 10.1 Å². The fourth-order valence-electron chi connectivity index (χ4n) is 1.55. The standard InChI is InChI=1S/C14H14N2O3/c1-10-7-12(13(17)15-8-10)16-14(18)19-9-11-5-3-2-4-6-11/h2-8H,9H2,1H3,(H,15,17)(H,16,18). The van der Waals surface area contributed by atoms with Crippen LogP contribution in [0.25, 0.3) is 0 Å². The summed E-state index contributed by atoms with van der Waals surface area (Å²) in [6, 6.07) is 10.9. The third-order valence-corrected chi connectivity index (χ3v) is 2.50. The van der Waals surface area contributed by atoms with E-state index < -0.39 is 6.09 Å². The maximum absolute atomic E-state index is 11.6. The number of H-pyrrole nitrogens is 1. The number of carbonyl (C=O) groups is 1. The first-order valence-electron chi connectivity index (χ1n) is 5.82. The van der Waals surface area contributed by atoms with E-state index >= 15 is 0 Å². The highest BCUT2D eigenvalue weighted by molar-refractivity contribution is 5.84. The molecule has 1 amide bonds. The van der Waals surface area contributed by atoms with Gasteiger partial charge in [-0.2, -0.15) is 0 Å². The Morgan fingerprint density at radius 3 is 2.79 bits per heavy atom. The topological polar surface area (TPSA) is 71.2 Å². The van der Waals surface area contributed by atoms with Gasteiger partial charge >= 0.3 is 6.09 Å². The van der Waals surface area contributed by atoms with E-state index in [1.807, 2.05) is 37.3 Å². The number of anilines is 1. The van der Waals surface area contributed by atoms with Gasteiger partial charge in [0.05, 0.1) is 0 Å². The fourth-order valence-corrected chi connectivity index (χ4v) is 1.55. The van der Waals surface area contributed by atoms with Crippen molar-refractivity contribution < 1.29 is 9.53 Å². The van der Waals surface area contributed by atoms with Crippen LogP contribution in [-0.2, 0) is 11.3 Å². The van der Waals surface area contributed by atoms with Crippen molar-refractivity contribution in [3.05, 3.63) is 64.1 Å². The number of hydrogen-bond acceptors (Lipinski definition) is 3. The minimum Gasteiger partial charge on any atom is -0.444 e. The highest BCUT2D eigenvalue weighted by Crippen LogP contribution is 2.04. The zero-order valence-electron chi connectivity index (χ0n) is 10.5. The number of amides is 1. The van der Waals surface area contributed by atoms with Gasteiger partial charge in [0, 0.05) is 6.20 Å². The van der Waals surface area contributed by atoms with Crippen LogP contribution in [0, 0.1) is 6.92 Å². The molecule has 5 nitrogen and oxygen atoms in total. The van der Waals surface area contributed by atoms with Crippen molar-refractivity contribution in [1.82, 2.24) is 4.98 Å². The average molecular weight is 258 g/mol. The summed E-state index contributed by atoms with van der Waals surface area (Å²) in [5.74, 6) is 0. The SMILES string of the molecule is Cc1c[nH]c(=O)c(NC(=O)OCc2ccccc2)c1. The minimum atomic E-state index is -0.653. The van der Waals surface area contributed by atoms with Gasteiger partial charge in [0.2, 0.25) is 0 Å². The first-order valence-corrected chi connectivity index (χ1v) is 5.82. The summed E-state index contributed by atoms with van der Waals surface area (Å²) in [4.78, 5) is 25.5. The number of aromatic amines is 1. The third-order valence-electron chi connectivity index (χ3n) is 2.50. The molecule has 2 aromatic rings.